The molecule has 0 aliphatic rings. The predicted molar refractivity (Wildman–Crippen MR) is 67.6 cm³/mol. The van der Waals surface area contributed by atoms with Crippen molar-refractivity contribution in [2.24, 2.45) is 0 Å². The fourth-order valence-electron chi connectivity index (χ4n) is 1.79. The van der Waals surface area contributed by atoms with Crippen LogP contribution in [0.3, 0.4) is 0 Å². The van der Waals surface area contributed by atoms with Gasteiger partial charge in [0.1, 0.15) is 6.10 Å². The second-order valence-electron chi connectivity index (χ2n) is 4.05. The van der Waals surface area contributed by atoms with Crippen molar-refractivity contribution >= 4 is 10.8 Å². The van der Waals surface area contributed by atoms with Crippen LogP contribution in [0.4, 0.5) is 0 Å². The molecule has 2 rings (SSSR count). The van der Waals surface area contributed by atoms with Crippen LogP contribution in [0.25, 0.3) is 10.8 Å². The summed E-state index contributed by atoms with van der Waals surface area (Å²) in [7, 11) is 1.63. The van der Waals surface area contributed by atoms with Crippen LogP contribution in [-0.4, -0.2) is 24.9 Å². The first-order valence-corrected chi connectivity index (χ1v) is 5.58. The highest BCUT2D eigenvalue weighted by Gasteiger charge is 2.09. The Kier molecular flexibility index (Phi) is 3.49. The van der Waals surface area contributed by atoms with E-state index in [1.165, 1.54) is 0 Å². The van der Waals surface area contributed by atoms with E-state index in [9.17, 15) is 5.11 Å². The Labute approximate surface area is 101 Å². The van der Waals surface area contributed by atoms with Gasteiger partial charge in [0.2, 0.25) is 0 Å². The molecule has 0 aliphatic heterocycles. The second-order valence-corrected chi connectivity index (χ2v) is 4.05. The van der Waals surface area contributed by atoms with Crippen molar-refractivity contribution in [2.45, 2.75) is 13.0 Å². The molecule has 1 N–H and O–H groups in total. The Bertz CT molecular complexity index is 508. The van der Waals surface area contributed by atoms with Crippen LogP contribution in [0.1, 0.15) is 6.92 Å². The Morgan fingerprint density at radius 1 is 1.18 bits per heavy atom. The fraction of sp³-hybridized carbons (Fsp3) is 0.286. The lowest BCUT2D eigenvalue weighted by atomic mass is 10.1. The first kappa shape index (κ1) is 11.7. The third kappa shape index (κ3) is 2.68. The normalized spacial score (nSPS) is 12.6. The lowest BCUT2D eigenvalue weighted by Gasteiger charge is -2.15. The molecule has 1 unspecified atom stereocenters. The first-order chi connectivity index (χ1) is 8.20. The van der Waals surface area contributed by atoms with Gasteiger partial charge in [0.15, 0.2) is 11.5 Å². The Morgan fingerprint density at radius 3 is 2.47 bits per heavy atom. The summed E-state index contributed by atoms with van der Waals surface area (Å²) in [5, 5.41) is 11.9. The standard InChI is InChI=1S/C14H16O3/c1-10(9-16-2)17-14-8-12-6-4-3-5-11(12)7-13(14)15/h3-8,10,15H,9H2,1-2H3. The summed E-state index contributed by atoms with van der Waals surface area (Å²) >= 11 is 0. The number of hydrogen-bond acceptors (Lipinski definition) is 3. The largest absolute Gasteiger partial charge is 0.504 e. The van der Waals surface area contributed by atoms with Crippen LogP contribution < -0.4 is 4.74 Å². The van der Waals surface area contributed by atoms with Gasteiger partial charge in [-0.3, -0.25) is 0 Å². The van der Waals surface area contributed by atoms with E-state index in [0.717, 1.165) is 10.8 Å². The van der Waals surface area contributed by atoms with E-state index in [4.69, 9.17) is 9.47 Å². The molecule has 0 heterocycles. The highest BCUT2D eigenvalue weighted by atomic mass is 16.5. The molecule has 0 saturated carbocycles. The van der Waals surface area contributed by atoms with Gasteiger partial charge in [0.05, 0.1) is 6.61 Å². The van der Waals surface area contributed by atoms with Crippen molar-refractivity contribution in [1.29, 1.82) is 0 Å². The maximum absolute atomic E-state index is 9.86. The summed E-state index contributed by atoms with van der Waals surface area (Å²) in [6.45, 7) is 2.39. The van der Waals surface area contributed by atoms with Crippen molar-refractivity contribution in [3.8, 4) is 11.5 Å². The summed E-state index contributed by atoms with van der Waals surface area (Å²) < 4.78 is 10.6. The van der Waals surface area contributed by atoms with E-state index in [-0.39, 0.29) is 11.9 Å². The molecule has 2 aromatic rings. The quantitative estimate of drug-likeness (QED) is 0.880. The summed E-state index contributed by atoms with van der Waals surface area (Å²) in [6.07, 6.45) is -0.0907. The van der Waals surface area contributed by atoms with Gasteiger partial charge in [0, 0.05) is 7.11 Å². The summed E-state index contributed by atoms with van der Waals surface area (Å²) in [5.41, 5.74) is 0. The molecule has 0 fully saturated rings. The Morgan fingerprint density at radius 2 is 1.82 bits per heavy atom. The lowest BCUT2D eigenvalue weighted by Crippen LogP contribution is -2.17. The van der Waals surface area contributed by atoms with Gasteiger partial charge in [-0.1, -0.05) is 24.3 Å². The van der Waals surface area contributed by atoms with Crippen LogP contribution in [-0.2, 0) is 4.74 Å². The van der Waals surface area contributed by atoms with E-state index in [2.05, 4.69) is 0 Å². The number of hydrogen-bond donors (Lipinski definition) is 1. The SMILES string of the molecule is COCC(C)Oc1cc2ccccc2cc1O. The third-order valence-electron chi connectivity index (χ3n) is 2.56. The summed E-state index contributed by atoms with van der Waals surface area (Å²) in [5.74, 6) is 0.653. The monoisotopic (exact) mass is 232 g/mol. The average Bonchev–Trinajstić information content (AvgIpc) is 2.30. The Balaban J connectivity index is 2.31. The van der Waals surface area contributed by atoms with Crippen molar-refractivity contribution in [3.63, 3.8) is 0 Å². The third-order valence-corrected chi connectivity index (χ3v) is 2.56. The van der Waals surface area contributed by atoms with Crippen LogP contribution in [0.2, 0.25) is 0 Å². The molecule has 0 spiro atoms. The van der Waals surface area contributed by atoms with Gasteiger partial charge in [-0.25, -0.2) is 0 Å². The number of aromatic hydroxyl groups is 1. The first-order valence-electron chi connectivity index (χ1n) is 5.58. The van der Waals surface area contributed by atoms with Crippen LogP contribution >= 0.6 is 0 Å². The highest BCUT2D eigenvalue weighted by molar-refractivity contribution is 5.85. The van der Waals surface area contributed by atoms with E-state index < -0.39 is 0 Å². The molecule has 0 radical (unpaired) electrons. The zero-order chi connectivity index (χ0) is 12.3. The maximum Gasteiger partial charge on any atom is 0.162 e. The Hall–Kier alpha value is -1.74. The minimum atomic E-state index is -0.0907. The number of methoxy groups -OCH3 is 1. The second kappa shape index (κ2) is 5.06. The average molecular weight is 232 g/mol. The van der Waals surface area contributed by atoms with Gasteiger partial charge in [-0.2, -0.15) is 0 Å². The maximum atomic E-state index is 9.86. The van der Waals surface area contributed by atoms with Gasteiger partial charge >= 0.3 is 0 Å². The van der Waals surface area contributed by atoms with Gasteiger partial charge < -0.3 is 14.6 Å². The number of benzene rings is 2. The predicted octanol–water partition coefficient (Wildman–Crippen LogP) is 2.96. The van der Waals surface area contributed by atoms with Crippen molar-refractivity contribution in [3.05, 3.63) is 36.4 Å². The van der Waals surface area contributed by atoms with Crippen molar-refractivity contribution in [2.75, 3.05) is 13.7 Å². The minimum absolute atomic E-state index is 0.0907. The van der Waals surface area contributed by atoms with E-state index >= 15 is 0 Å². The topological polar surface area (TPSA) is 38.7 Å². The molecule has 0 amide bonds. The number of phenolic OH excluding ortho intramolecular Hbond substituents is 1. The lowest BCUT2D eigenvalue weighted by molar-refractivity contribution is 0.0902. The number of rotatable bonds is 4. The van der Waals surface area contributed by atoms with Crippen molar-refractivity contribution < 1.29 is 14.6 Å². The number of ether oxygens (including phenoxy) is 2. The molecule has 2 aromatic carbocycles. The summed E-state index contributed by atoms with van der Waals surface area (Å²) in [4.78, 5) is 0. The molecule has 3 heteroatoms. The minimum Gasteiger partial charge on any atom is -0.504 e. The fourth-order valence-corrected chi connectivity index (χ4v) is 1.79. The van der Waals surface area contributed by atoms with Gasteiger partial charge in [0.25, 0.3) is 0 Å². The number of fused-ring (bicyclic) bond motifs is 1. The molecule has 0 aromatic heterocycles. The molecule has 3 nitrogen and oxygen atoms in total. The van der Waals surface area contributed by atoms with Crippen LogP contribution in [0.5, 0.6) is 11.5 Å². The molecule has 90 valence electrons. The highest BCUT2D eigenvalue weighted by Crippen LogP contribution is 2.31. The molecular formula is C14H16O3. The van der Waals surface area contributed by atoms with Crippen LogP contribution in [0, 0.1) is 0 Å². The van der Waals surface area contributed by atoms with E-state index in [0.29, 0.717) is 12.4 Å². The molecular weight excluding hydrogens is 216 g/mol. The van der Waals surface area contributed by atoms with E-state index in [1.54, 1.807) is 13.2 Å². The summed E-state index contributed by atoms with van der Waals surface area (Å²) in [6, 6.07) is 11.4. The van der Waals surface area contributed by atoms with Gasteiger partial charge in [-0.05, 0) is 29.8 Å². The van der Waals surface area contributed by atoms with E-state index in [1.807, 2.05) is 37.3 Å². The molecule has 0 aliphatic carbocycles. The van der Waals surface area contributed by atoms with Gasteiger partial charge in [-0.15, -0.1) is 0 Å². The molecule has 17 heavy (non-hydrogen) atoms. The molecule has 0 saturated heterocycles. The zero-order valence-corrected chi connectivity index (χ0v) is 10.0. The van der Waals surface area contributed by atoms with Crippen molar-refractivity contribution in [1.82, 2.24) is 0 Å². The van der Waals surface area contributed by atoms with Crippen LogP contribution in [0.15, 0.2) is 36.4 Å². The smallest absolute Gasteiger partial charge is 0.162 e. The number of phenols is 1. The zero-order valence-electron chi connectivity index (χ0n) is 10.0. The molecule has 1 atom stereocenters. The molecule has 0 bridgehead atoms.